The largest absolute Gasteiger partial charge is 0.445 e. The zero-order valence-corrected chi connectivity index (χ0v) is 13.2. The predicted molar refractivity (Wildman–Crippen MR) is 86.2 cm³/mol. The van der Waals surface area contributed by atoms with Crippen molar-refractivity contribution in [1.82, 2.24) is 0 Å². The molecular weight excluding hydrogens is 321 g/mol. The molecule has 1 unspecified atom stereocenters. The van der Waals surface area contributed by atoms with Crippen LogP contribution in [0.1, 0.15) is 30.7 Å². The van der Waals surface area contributed by atoms with Crippen molar-refractivity contribution in [2.75, 3.05) is 0 Å². The Hall–Kier alpha value is -1.89. The first-order valence-corrected chi connectivity index (χ1v) is 7.64. The highest BCUT2D eigenvalue weighted by Gasteiger charge is 2.38. The van der Waals surface area contributed by atoms with Gasteiger partial charge in [-0.3, -0.25) is 4.79 Å². The summed E-state index contributed by atoms with van der Waals surface area (Å²) in [6.07, 6.45) is 7.44. The van der Waals surface area contributed by atoms with Crippen LogP contribution in [0.25, 0.3) is 0 Å². The fraction of sp³-hybridized carbons (Fsp3) is 0.235. The minimum Gasteiger partial charge on any atom is -0.445 e. The summed E-state index contributed by atoms with van der Waals surface area (Å²) in [5, 5.41) is 0.898. The molecular formula is C17H13Cl2NO2. The molecule has 0 spiro atoms. The fourth-order valence-electron chi connectivity index (χ4n) is 2.97. The van der Waals surface area contributed by atoms with E-state index < -0.39 is 5.92 Å². The van der Waals surface area contributed by atoms with Gasteiger partial charge < -0.3 is 10.5 Å². The summed E-state index contributed by atoms with van der Waals surface area (Å²) in [6, 6.07) is 5.18. The number of allylic oxidation sites excluding steroid dienone is 3. The molecule has 0 fully saturated rings. The van der Waals surface area contributed by atoms with E-state index in [0.717, 1.165) is 6.42 Å². The Kier molecular flexibility index (Phi) is 3.90. The van der Waals surface area contributed by atoms with Crippen LogP contribution in [0, 0.1) is 12.3 Å². The van der Waals surface area contributed by atoms with Gasteiger partial charge in [0.2, 0.25) is 5.88 Å². The van der Waals surface area contributed by atoms with Crippen molar-refractivity contribution in [3.8, 4) is 12.3 Å². The molecule has 2 N–H and O–H groups in total. The van der Waals surface area contributed by atoms with Crippen LogP contribution in [0.2, 0.25) is 10.0 Å². The maximum absolute atomic E-state index is 12.4. The Morgan fingerprint density at radius 3 is 2.59 bits per heavy atom. The van der Waals surface area contributed by atoms with Crippen molar-refractivity contribution in [2.45, 2.75) is 25.2 Å². The Morgan fingerprint density at radius 1 is 1.27 bits per heavy atom. The lowest BCUT2D eigenvalue weighted by Gasteiger charge is -2.32. The zero-order chi connectivity index (χ0) is 15.9. The van der Waals surface area contributed by atoms with Crippen molar-refractivity contribution in [3.05, 3.63) is 56.6 Å². The lowest BCUT2D eigenvalue weighted by atomic mass is 9.77. The van der Waals surface area contributed by atoms with E-state index in [1.54, 1.807) is 18.2 Å². The van der Waals surface area contributed by atoms with Gasteiger partial charge in [-0.2, -0.15) is 0 Å². The second-order valence-corrected chi connectivity index (χ2v) is 6.02. The van der Waals surface area contributed by atoms with E-state index in [1.165, 1.54) is 0 Å². The van der Waals surface area contributed by atoms with Gasteiger partial charge in [0, 0.05) is 34.0 Å². The first kappa shape index (κ1) is 15.0. The van der Waals surface area contributed by atoms with Crippen LogP contribution in [0.15, 0.2) is 41.0 Å². The van der Waals surface area contributed by atoms with Gasteiger partial charge in [0.15, 0.2) is 5.78 Å². The molecule has 1 aromatic rings. The van der Waals surface area contributed by atoms with Crippen molar-refractivity contribution in [2.24, 2.45) is 5.73 Å². The summed E-state index contributed by atoms with van der Waals surface area (Å²) in [5.41, 5.74) is 7.48. The molecule has 1 aromatic carbocycles. The van der Waals surface area contributed by atoms with Crippen LogP contribution >= 0.6 is 23.2 Å². The minimum atomic E-state index is -0.539. The third-order valence-electron chi connectivity index (χ3n) is 3.93. The lowest BCUT2D eigenvalue weighted by Crippen LogP contribution is -2.27. The maximum atomic E-state index is 12.4. The Bertz CT molecular complexity index is 751. The van der Waals surface area contributed by atoms with Gasteiger partial charge in [-0.15, -0.1) is 6.42 Å². The Labute approximate surface area is 138 Å². The average molecular weight is 334 g/mol. The van der Waals surface area contributed by atoms with Gasteiger partial charge in [-0.25, -0.2) is 0 Å². The van der Waals surface area contributed by atoms with E-state index in [0.29, 0.717) is 45.4 Å². The topological polar surface area (TPSA) is 52.3 Å². The number of nitrogens with two attached hydrogens (primary N) is 1. The highest BCUT2D eigenvalue weighted by atomic mass is 35.5. The summed E-state index contributed by atoms with van der Waals surface area (Å²) in [6.45, 7) is 0. The number of benzene rings is 1. The Morgan fingerprint density at radius 2 is 1.95 bits per heavy atom. The maximum Gasteiger partial charge on any atom is 0.203 e. The molecule has 0 amide bonds. The second-order valence-electron chi connectivity index (χ2n) is 5.21. The first-order valence-electron chi connectivity index (χ1n) is 6.88. The summed E-state index contributed by atoms with van der Waals surface area (Å²) >= 11 is 12.6. The van der Waals surface area contributed by atoms with Crippen LogP contribution in [0.4, 0.5) is 0 Å². The van der Waals surface area contributed by atoms with E-state index in [4.69, 9.17) is 40.1 Å². The van der Waals surface area contributed by atoms with E-state index >= 15 is 0 Å². The summed E-state index contributed by atoms with van der Waals surface area (Å²) in [4.78, 5) is 12.4. The van der Waals surface area contributed by atoms with E-state index in [-0.39, 0.29) is 11.7 Å². The molecule has 0 saturated carbocycles. The Balaban J connectivity index is 2.28. The molecule has 22 heavy (non-hydrogen) atoms. The van der Waals surface area contributed by atoms with Crippen molar-refractivity contribution >= 4 is 29.0 Å². The first-order chi connectivity index (χ1) is 10.5. The van der Waals surface area contributed by atoms with Gasteiger partial charge in [0.25, 0.3) is 0 Å². The summed E-state index contributed by atoms with van der Waals surface area (Å²) in [5.74, 6) is 2.71. The molecule has 1 aliphatic heterocycles. The van der Waals surface area contributed by atoms with Crippen molar-refractivity contribution < 1.29 is 9.53 Å². The summed E-state index contributed by atoms with van der Waals surface area (Å²) in [7, 11) is 0. The molecule has 0 bridgehead atoms. The molecule has 0 saturated heterocycles. The van der Waals surface area contributed by atoms with Gasteiger partial charge in [0.1, 0.15) is 5.76 Å². The van der Waals surface area contributed by atoms with Gasteiger partial charge in [-0.1, -0.05) is 35.2 Å². The minimum absolute atomic E-state index is 0.00230. The van der Waals surface area contributed by atoms with Crippen LogP contribution in [-0.4, -0.2) is 5.78 Å². The molecule has 0 radical (unpaired) electrons. The van der Waals surface area contributed by atoms with Gasteiger partial charge in [0.05, 0.1) is 11.5 Å². The van der Waals surface area contributed by atoms with E-state index in [9.17, 15) is 4.79 Å². The highest BCUT2D eigenvalue weighted by molar-refractivity contribution is 6.36. The number of carbonyl (C=O) groups excluding carboxylic acids is 1. The smallest absolute Gasteiger partial charge is 0.203 e. The highest BCUT2D eigenvalue weighted by Crippen LogP contribution is 2.47. The fourth-order valence-corrected chi connectivity index (χ4v) is 3.58. The number of ether oxygens (including phenoxy) is 1. The summed E-state index contributed by atoms with van der Waals surface area (Å²) < 4.78 is 5.58. The number of hydrogen-bond acceptors (Lipinski definition) is 3. The molecule has 0 aromatic heterocycles. The number of terminal acetylenes is 1. The molecule has 2 aliphatic rings. The van der Waals surface area contributed by atoms with Crippen LogP contribution in [-0.2, 0) is 9.53 Å². The number of Topliss-reactive ketones (excluding diaryl/α,β-unsaturated/α-hetero) is 1. The van der Waals surface area contributed by atoms with Crippen molar-refractivity contribution in [3.63, 3.8) is 0 Å². The monoisotopic (exact) mass is 333 g/mol. The molecule has 1 heterocycles. The molecule has 1 atom stereocenters. The number of ketones is 1. The quantitative estimate of drug-likeness (QED) is 0.792. The van der Waals surface area contributed by atoms with E-state index in [1.807, 2.05) is 0 Å². The predicted octanol–water partition coefficient (Wildman–Crippen LogP) is 3.92. The SMILES string of the molecule is C#CC1=C(N)OC2=C(C(=O)CCC2)C1c1c(Cl)cccc1Cl. The van der Waals surface area contributed by atoms with Crippen LogP contribution in [0.3, 0.4) is 0 Å². The normalized spacial score (nSPS) is 21.3. The standard InChI is InChI=1S/C17H13Cl2NO2/c1-2-9-14(15-10(18)5-3-6-11(15)19)16-12(21)7-4-8-13(16)22-17(9)20/h1,3,5-6,14H,4,7-8,20H2. The molecule has 3 nitrogen and oxygen atoms in total. The third kappa shape index (κ3) is 2.29. The second kappa shape index (κ2) is 5.72. The van der Waals surface area contributed by atoms with Gasteiger partial charge in [-0.05, 0) is 18.6 Å². The van der Waals surface area contributed by atoms with Crippen LogP contribution in [0.5, 0.6) is 0 Å². The average Bonchev–Trinajstić information content (AvgIpc) is 2.46. The number of hydrogen-bond donors (Lipinski definition) is 1. The molecule has 3 rings (SSSR count). The number of halogens is 2. The third-order valence-corrected chi connectivity index (χ3v) is 4.59. The number of rotatable bonds is 1. The van der Waals surface area contributed by atoms with Crippen molar-refractivity contribution in [1.29, 1.82) is 0 Å². The molecule has 1 aliphatic carbocycles. The van der Waals surface area contributed by atoms with E-state index in [2.05, 4.69) is 5.92 Å². The molecule has 112 valence electrons. The van der Waals surface area contributed by atoms with Crippen LogP contribution < -0.4 is 5.73 Å². The lowest BCUT2D eigenvalue weighted by molar-refractivity contribution is -0.116. The number of carbonyl (C=O) groups is 1. The zero-order valence-electron chi connectivity index (χ0n) is 11.7. The molecule has 5 heteroatoms. The van der Waals surface area contributed by atoms with Gasteiger partial charge >= 0.3 is 0 Å².